The van der Waals surface area contributed by atoms with Gasteiger partial charge in [-0.2, -0.15) is 0 Å². The van der Waals surface area contributed by atoms with Gasteiger partial charge in [0, 0.05) is 12.1 Å². The van der Waals surface area contributed by atoms with Gasteiger partial charge in [-0.15, -0.1) is 0 Å². The first-order chi connectivity index (χ1) is 8.84. The molecule has 0 saturated heterocycles. The van der Waals surface area contributed by atoms with Crippen LogP contribution in [-0.2, 0) is 9.53 Å². The summed E-state index contributed by atoms with van der Waals surface area (Å²) in [6.45, 7) is 5.48. The molecule has 0 fully saturated rings. The van der Waals surface area contributed by atoms with Crippen LogP contribution in [-0.4, -0.2) is 25.8 Å². The summed E-state index contributed by atoms with van der Waals surface area (Å²) < 4.78 is 15.5. The molecular formula is C15H20O4. The van der Waals surface area contributed by atoms with E-state index in [1.54, 1.807) is 26.4 Å². The molecule has 0 N–H and O–H groups in total. The monoisotopic (exact) mass is 264 g/mol. The molecule has 1 rings (SSSR count). The Balaban J connectivity index is 2.84. The molecule has 1 aromatic carbocycles. The molecule has 0 amide bonds. The van der Waals surface area contributed by atoms with Crippen LogP contribution >= 0.6 is 0 Å². The predicted molar refractivity (Wildman–Crippen MR) is 74.4 cm³/mol. The SMILES string of the molecule is COc1cc(/C=C/C(=O)OC(C)(C)C)cc(OC)c1. The van der Waals surface area contributed by atoms with Crippen molar-refractivity contribution in [3.05, 3.63) is 29.8 Å². The van der Waals surface area contributed by atoms with Crippen molar-refractivity contribution in [2.45, 2.75) is 26.4 Å². The van der Waals surface area contributed by atoms with Crippen molar-refractivity contribution in [1.82, 2.24) is 0 Å². The first kappa shape index (κ1) is 15.1. The summed E-state index contributed by atoms with van der Waals surface area (Å²) in [5.74, 6) is 0.959. The second kappa shape index (κ2) is 6.27. The fourth-order valence-corrected chi connectivity index (χ4v) is 1.43. The largest absolute Gasteiger partial charge is 0.497 e. The summed E-state index contributed by atoms with van der Waals surface area (Å²) in [5, 5.41) is 0. The highest BCUT2D eigenvalue weighted by molar-refractivity contribution is 5.87. The number of esters is 1. The number of rotatable bonds is 4. The number of carbonyl (C=O) groups is 1. The lowest BCUT2D eigenvalue weighted by molar-refractivity contribution is -0.148. The van der Waals surface area contributed by atoms with Crippen LogP contribution in [0.3, 0.4) is 0 Å². The molecular weight excluding hydrogens is 244 g/mol. The fourth-order valence-electron chi connectivity index (χ4n) is 1.43. The topological polar surface area (TPSA) is 44.8 Å². The van der Waals surface area contributed by atoms with Gasteiger partial charge >= 0.3 is 5.97 Å². The Bertz CT molecular complexity index is 447. The van der Waals surface area contributed by atoms with Gasteiger partial charge in [0.05, 0.1) is 14.2 Å². The third-order valence-corrected chi connectivity index (χ3v) is 2.19. The second-order valence-electron chi connectivity index (χ2n) is 5.01. The third-order valence-electron chi connectivity index (χ3n) is 2.19. The average molecular weight is 264 g/mol. The van der Waals surface area contributed by atoms with E-state index < -0.39 is 5.60 Å². The zero-order valence-electron chi connectivity index (χ0n) is 12.0. The van der Waals surface area contributed by atoms with Crippen molar-refractivity contribution in [3.63, 3.8) is 0 Å². The van der Waals surface area contributed by atoms with Crippen molar-refractivity contribution < 1.29 is 19.0 Å². The first-order valence-corrected chi connectivity index (χ1v) is 5.98. The summed E-state index contributed by atoms with van der Waals surface area (Å²) in [6.07, 6.45) is 3.05. The lowest BCUT2D eigenvalue weighted by atomic mass is 10.1. The van der Waals surface area contributed by atoms with Gasteiger partial charge in [-0.1, -0.05) is 0 Å². The Labute approximate surface area is 114 Å². The van der Waals surface area contributed by atoms with Gasteiger partial charge in [0.1, 0.15) is 17.1 Å². The highest BCUT2D eigenvalue weighted by Crippen LogP contribution is 2.23. The van der Waals surface area contributed by atoms with E-state index >= 15 is 0 Å². The van der Waals surface area contributed by atoms with Gasteiger partial charge in [-0.25, -0.2) is 4.79 Å². The molecule has 1 aromatic rings. The van der Waals surface area contributed by atoms with E-state index in [9.17, 15) is 4.79 Å². The van der Waals surface area contributed by atoms with Crippen molar-refractivity contribution >= 4 is 12.0 Å². The lowest BCUT2D eigenvalue weighted by Crippen LogP contribution is -2.22. The van der Waals surface area contributed by atoms with Crippen molar-refractivity contribution in [1.29, 1.82) is 0 Å². The van der Waals surface area contributed by atoms with E-state index in [0.29, 0.717) is 11.5 Å². The van der Waals surface area contributed by atoms with Gasteiger partial charge in [0.2, 0.25) is 0 Å². The van der Waals surface area contributed by atoms with Gasteiger partial charge in [-0.3, -0.25) is 0 Å². The van der Waals surface area contributed by atoms with Gasteiger partial charge in [0.25, 0.3) is 0 Å². The van der Waals surface area contributed by atoms with E-state index in [1.165, 1.54) is 6.08 Å². The molecule has 0 saturated carbocycles. The fraction of sp³-hybridized carbons (Fsp3) is 0.400. The second-order valence-corrected chi connectivity index (χ2v) is 5.01. The van der Waals surface area contributed by atoms with Crippen LogP contribution in [0, 0.1) is 0 Å². The number of hydrogen-bond donors (Lipinski definition) is 0. The van der Waals surface area contributed by atoms with Crippen LogP contribution in [0.25, 0.3) is 6.08 Å². The Morgan fingerprint density at radius 3 is 2.00 bits per heavy atom. The van der Waals surface area contributed by atoms with Gasteiger partial charge in [0.15, 0.2) is 0 Å². The van der Waals surface area contributed by atoms with Crippen molar-refractivity contribution in [2.24, 2.45) is 0 Å². The van der Waals surface area contributed by atoms with Gasteiger partial charge < -0.3 is 14.2 Å². The van der Waals surface area contributed by atoms with Crippen LogP contribution in [0.2, 0.25) is 0 Å². The van der Waals surface area contributed by atoms with Crippen LogP contribution in [0.4, 0.5) is 0 Å². The minimum absolute atomic E-state index is 0.380. The molecule has 0 radical (unpaired) electrons. The maximum Gasteiger partial charge on any atom is 0.331 e. The smallest absolute Gasteiger partial charge is 0.331 e. The maximum absolute atomic E-state index is 11.6. The van der Waals surface area contributed by atoms with Crippen LogP contribution in [0.15, 0.2) is 24.3 Å². The van der Waals surface area contributed by atoms with Crippen molar-refractivity contribution in [3.8, 4) is 11.5 Å². The molecule has 4 heteroatoms. The molecule has 0 aliphatic rings. The third kappa shape index (κ3) is 5.46. The molecule has 0 bridgehead atoms. The first-order valence-electron chi connectivity index (χ1n) is 5.98. The van der Waals surface area contributed by atoms with E-state index in [2.05, 4.69) is 0 Å². The Hall–Kier alpha value is -1.97. The summed E-state index contributed by atoms with van der Waals surface area (Å²) in [6, 6.07) is 5.39. The number of carbonyl (C=O) groups excluding carboxylic acids is 1. The lowest BCUT2D eigenvalue weighted by Gasteiger charge is -2.17. The number of hydrogen-bond acceptors (Lipinski definition) is 4. The van der Waals surface area contributed by atoms with Crippen LogP contribution in [0.5, 0.6) is 11.5 Å². The molecule has 0 aliphatic heterocycles. The molecule has 19 heavy (non-hydrogen) atoms. The molecule has 0 heterocycles. The highest BCUT2D eigenvalue weighted by Gasteiger charge is 2.13. The summed E-state index contributed by atoms with van der Waals surface area (Å²) in [5.41, 5.74) is 0.315. The Morgan fingerprint density at radius 2 is 1.58 bits per heavy atom. The van der Waals surface area contributed by atoms with Crippen LogP contribution in [0.1, 0.15) is 26.3 Å². The zero-order valence-corrected chi connectivity index (χ0v) is 12.0. The zero-order chi connectivity index (χ0) is 14.5. The molecule has 4 nitrogen and oxygen atoms in total. The predicted octanol–water partition coefficient (Wildman–Crippen LogP) is 3.06. The standard InChI is InChI=1S/C15H20O4/c1-15(2,3)19-14(16)7-6-11-8-12(17-4)10-13(9-11)18-5/h6-10H,1-5H3/b7-6+. The van der Waals surface area contributed by atoms with E-state index in [1.807, 2.05) is 32.9 Å². The molecule has 104 valence electrons. The quantitative estimate of drug-likeness (QED) is 0.619. The summed E-state index contributed by atoms with van der Waals surface area (Å²) >= 11 is 0. The average Bonchev–Trinajstić information content (AvgIpc) is 2.33. The molecule has 0 unspecified atom stereocenters. The molecule has 0 atom stereocenters. The van der Waals surface area contributed by atoms with Gasteiger partial charge in [-0.05, 0) is 44.5 Å². The van der Waals surface area contributed by atoms with E-state index in [-0.39, 0.29) is 5.97 Å². The van der Waals surface area contributed by atoms with Crippen molar-refractivity contribution in [2.75, 3.05) is 14.2 Å². The van der Waals surface area contributed by atoms with E-state index in [4.69, 9.17) is 14.2 Å². The number of methoxy groups -OCH3 is 2. The number of benzene rings is 1. The van der Waals surface area contributed by atoms with E-state index in [0.717, 1.165) is 5.56 Å². The minimum Gasteiger partial charge on any atom is -0.497 e. The number of ether oxygens (including phenoxy) is 3. The minimum atomic E-state index is -0.493. The summed E-state index contributed by atoms with van der Waals surface area (Å²) in [7, 11) is 3.16. The maximum atomic E-state index is 11.6. The normalized spacial score (nSPS) is 11.4. The molecule has 0 spiro atoms. The Morgan fingerprint density at radius 1 is 1.05 bits per heavy atom. The summed E-state index contributed by atoms with van der Waals surface area (Å²) in [4.78, 5) is 11.6. The molecule has 0 aromatic heterocycles. The Kier molecular flexibility index (Phi) is 4.98. The molecule has 0 aliphatic carbocycles. The van der Waals surface area contributed by atoms with Crippen LogP contribution < -0.4 is 9.47 Å². The highest BCUT2D eigenvalue weighted by atomic mass is 16.6.